The third kappa shape index (κ3) is 3.41. The van der Waals surface area contributed by atoms with Gasteiger partial charge in [0.15, 0.2) is 0 Å². The molecule has 27 heavy (non-hydrogen) atoms. The van der Waals surface area contributed by atoms with E-state index >= 15 is 0 Å². The van der Waals surface area contributed by atoms with E-state index in [1.165, 1.54) is 4.68 Å². The molecule has 4 rings (SSSR count). The van der Waals surface area contributed by atoms with Gasteiger partial charge in [-0.3, -0.25) is 4.79 Å². The van der Waals surface area contributed by atoms with Crippen molar-refractivity contribution >= 4 is 5.91 Å². The number of aromatic nitrogens is 2. The Morgan fingerprint density at radius 2 is 1.70 bits per heavy atom. The van der Waals surface area contributed by atoms with Crippen LogP contribution in [0.15, 0.2) is 78.6 Å². The summed E-state index contributed by atoms with van der Waals surface area (Å²) >= 11 is 0. The van der Waals surface area contributed by atoms with E-state index in [-0.39, 0.29) is 11.9 Å². The molecule has 0 unspecified atom stereocenters. The molecule has 1 atom stereocenters. The molecular weight excluding hydrogens is 338 g/mol. The van der Waals surface area contributed by atoms with Gasteiger partial charge in [0, 0.05) is 5.69 Å². The number of hydrogen-bond acceptors (Lipinski definition) is 4. The van der Waals surface area contributed by atoms with E-state index in [9.17, 15) is 4.79 Å². The van der Waals surface area contributed by atoms with Gasteiger partial charge in [-0.05, 0) is 31.0 Å². The standard InChI is InChI=1S/C22H21N3O2/c1-16-13-17(2)25(23-16)22(26)20-15-27-24(14-18-9-5-3-6-10-18)21(20)19-11-7-4-8-12-19/h3-13,15,21H,14H2,1-2H3/t21-/m1/s1. The minimum absolute atomic E-state index is 0.162. The first-order chi connectivity index (χ1) is 13.1. The van der Waals surface area contributed by atoms with Gasteiger partial charge < -0.3 is 4.84 Å². The van der Waals surface area contributed by atoms with Gasteiger partial charge in [-0.2, -0.15) is 5.10 Å². The van der Waals surface area contributed by atoms with Crippen LogP contribution in [0.25, 0.3) is 0 Å². The monoisotopic (exact) mass is 359 g/mol. The van der Waals surface area contributed by atoms with Crippen LogP contribution in [0.4, 0.5) is 0 Å². The average molecular weight is 359 g/mol. The number of rotatable bonds is 4. The second kappa shape index (κ2) is 7.21. The van der Waals surface area contributed by atoms with Crippen molar-refractivity contribution in [3.63, 3.8) is 0 Å². The third-order valence-corrected chi connectivity index (χ3v) is 4.64. The summed E-state index contributed by atoms with van der Waals surface area (Å²) in [6.45, 7) is 4.34. The van der Waals surface area contributed by atoms with Crippen molar-refractivity contribution in [3.8, 4) is 0 Å². The maximum absolute atomic E-state index is 13.2. The first kappa shape index (κ1) is 17.2. The van der Waals surface area contributed by atoms with Crippen LogP contribution in [0.1, 0.15) is 33.4 Å². The molecule has 1 aliphatic rings. The number of hydrogen-bond donors (Lipinski definition) is 0. The minimum atomic E-state index is -0.289. The highest BCUT2D eigenvalue weighted by Gasteiger charge is 2.36. The van der Waals surface area contributed by atoms with Gasteiger partial charge in [0.25, 0.3) is 5.91 Å². The maximum Gasteiger partial charge on any atom is 0.279 e. The Morgan fingerprint density at radius 3 is 2.33 bits per heavy atom. The highest BCUT2D eigenvalue weighted by Crippen LogP contribution is 2.36. The Bertz CT molecular complexity index is 977. The van der Waals surface area contributed by atoms with Crippen molar-refractivity contribution in [3.05, 3.63) is 101 Å². The Labute approximate surface area is 158 Å². The number of hydroxylamine groups is 2. The van der Waals surface area contributed by atoms with Crippen LogP contribution < -0.4 is 0 Å². The summed E-state index contributed by atoms with van der Waals surface area (Å²) in [5.41, 5.74) is 4.33. The van der Waals surface area contributed by atoms with Crippen molar-refractivity contribution in [2.45, 2.75) is 26.4 Å². The quantitative estimate of drug-likeness (QED) is 0.700. The summed E-state index contributed by atoms with van der Waals surface area (Å²) in [6.07, 6.45) is 1.55. The molecule has 136 valence electrons. The van der Waals surface area contributed by atoms with Gasteiger partial charge in [-0.25, -0.2) is 4.68 Å². The molecule has 1 aromatic heterocycles. The van der Waals surface area contributed by atoms with E-state index in [1.807, 2.05) is 85.6 Å². The van der Waals surface area contributed by atoms with Gasteiger partial charge >= 0.3 is 0 Å². The summed E-state index contributed by atoms with van der Waals surface area (Å²) in [7, 11) is 0. The normalized spacial score (nSPS) is 16.8. The second-order valence-corrected chi connectivity index (χ2v) is 6.70. The lowest BCUT2D eigenvalue weighted by Gasteiger charge is -2.24. The molecule has 2 aromatic carbocycles. The van der Waals surface area contributed by atoms with Crippen LogP contribution in [0.3, 0.4) is 0 Å². The van der Waals surface area contributed by atoms with Crippen molar-refractivity contribution in [2.75, 3.05) is 0 Å². The molecule has 0 amide bonds. The number of nitrogens with zero attached hydrogens (tertiary/aromatic N) is 3. The van der Waals surface area contributed by atoms with Crippen LogP contribution in [-0.2, 0) is 11.4 Å². The Hall–Kier alpha value is -3.18. The van der Waals surface area contributed by atoms with Gasteiger partial charge in [-0.15, -0.1) is 5.06 Å². The van der Waals surface area contributed by atoms with E-state index in [0.29, 0.717) is 12.1 Å². The molecule has 5 heteroatoms. The topological polar surface area (TPSA) is 47.4 Å². The average Bonchev–Trinajstić information content (AvgIpc) is 3.25. The largest absolute Gasteiger partial charge is 0.412 e. The predicted molar refractivity (Wildman–Crippen MR) is 103 cm³/mol. The summed E-state index contributed by atoms with van der Waals surface area (Å²) in [5.74, 6) is -0.162. The van der Waals surface area contributed by atoms with E-state index in [4.69, 9.17) is 4.84 Å². The van der Waals surface area contributed by atoms with Gasteiger partial charge in [0.1, 0.15) is 12.3 Å². The van der Waals surface area contributed by atoms with Crippen LogP contribution in [-0.4, -0.2) is 20.8 Å². The molecule has 0 fully saturated rings. The summed E-state index contributed by atoms with van der Waals surface area (Å²) in [6, 6.07) is 21.6. The molecular formula is C22H21N3O2. The highest BCUT2D eigenvalue weighted by molar-refractivity contribution is 5.96. The van der Waals surface area contributed by atoms with E-state index < -0.39 is 0 Å². The molecule has 0 bridgehead atoms. The first-order valence-electron chi connectivity index (χ1n) is 8.94. The smallest absolute Gasteiger partial charge is 0.279 e. The zero-order valence-electron chi connectivity index (χ0n) is 15.4. The van der Waals surface area contributed by atoms with Crippen molar-refractivity contribution < 1.29 is 9.63 Å². The molecule has 5 nitrogen and oxygen atoms in total. The number of benzene rings is 2. The van der Waals surface area contributed by atoms with Crippen molar-refractivity contribution in [1.82, 2.24) is 14.8 Å². The first-order valence-corrected chi connectivity index (χ1v) is 8.94. The molecule has 0 spiro atoms. The molecule has 0 aliphatic carbocycles. The van der Waals surface area contributed by atoms with Gasteiger partial charge in [-0.1, -0.05) is 60.7 Å². The van der Waals surface area contributed by atoms with E-state index in [0.717, 1.165) is 22.5 Å². The van der Waals surface area contributed by atoms with Crippen LogP contribution in [0.5, 0.6) is 0 Å². The zero-order chi connectivity index (χ0) is 18.8. The third-order valence-electron chi connectivity index (χ3n) is 4.64. The lowest BCUT2D eigenvalue weighted by atomic mass is 9.98. The van der Waals surface area contributed by atoms with Crippen molar-refractivity contribution in [2.24, 2.45) is 0 Å². The molecule has 0 N–H and O–H groups in total. The Balaban J connectivity index is 1.68. The van der Waals surface area contributed by atoms with Crippen LogP contribution in [0.2, 0.25) is 0 Å². The molecule has 0 saturated heterocycles. The fourth-order valence-corrected chi connectivity index (χ4v) is 3.40. The Morgan fingerprint density at radius 1 is 1.04 bits per heavy atom. The minimum Gasteiger partial charge on any atom is -0.412 e. The number of carbonyl (C=O) groups is 1. The summed E-state index contributed by atoms with van der Waals surface area (Å²) in [4.78, 5) is 19.0. The van der Waals surface area contributed by atoms with Gasteiger partial charge in [0.2, 0.25) is 0 Å². The summed E-state index contributed by atoms with van der Waals surface area (Å²) < 4.78 is 1.45. The van der Waals surface area contributed by atoms with Gasteiger partial charge in [0.05, 0.1) is 17.8 Å². The highest BCUT2D eigenvalue weighted by atomic mass is 16.7. The molecule has 1 aliphatic heterocycles. The lowest BCUT2D eigenvalue weighted by Crippen LogP contribution is -2.28. The summed E-state index contributed by atoms with van der Waals surface area (Å²) in [5, 5.41) is 6.18. The molecule has 0 saturated carbocycles. The lowest BCUT2D eigenvalue weighted by molar-refractivity contribution is -0.114. The fourth-order valence-electron chi connectivity index (χ4n) is 3.40. The Kier molecular flexibility index (Phi) is 4.60. The molecule has 3 aromatic rings. The molecule has 2 heterocycles. The predicted octanol–water partition coefficient (Wildman–Crippen LogP) is 4.21. The van der Waals surface area contributed by atoms with Crippen LogP contribution >= 0.6 is 0 Å². The van der Waals surface area contributed by atoms with E-state index in [2.05, 4.69) is 5.10 Å². The zero-order valence-corrected chi connectivity index (χ0v) is 15.4. The SMILES string of the molecule is Cc1cc(C)n(C(=O)C2=CON(Cc3ccccc3)[C@@H]2c2ccccc2)n1. The number of aryl methyl sites for hydroxylation is 2. The maximum atomic E-state index is 13.2. The number of carbonyl (C=O) groups excluding carboxylic acids is 1. The second-order valence-electron chi connectivity index (χ2n) is 6.70. The van der Waals surface area contributed by atoms with Crippen LogP contribution in [0, 0.1) is 13.8 Å². The van der Waals surface area contributed by atoms with Crippen molar-refractivity contribution in [1.29, 1.82) is 0 Å². The van der Waals surface area contributed by atoms with E-state index in [1.54, 1.807) is 6.26 Å². The fraction of sp³-hybridized carbons (Fsp3) is 0.182. The molecule has 0 radical (unpaired) electrons.